The number of hydrogen-bond donors (Lipinski definition) is 1. The van der Waals surface area contributed by atoms with Gasteiger partial charge in [-0.15, -0.1) is 0 Å². The Hall–Kier alpha value is -1.33. The largest absolute Gasteiger partial charge is 0.310 e. The molecule has 0 bridgehead atoms. The molecule has 0 heterocycles. The third-order valence-corrected chi connectivity index (χ3v) is 2.23. The van der Waals surface area contributed by atoms with Gasteiger partial charge >= 0.3 is 0 Å². The molecule has 1 N–H and O–H groups in total. The van der Waals surface area contributed by atoms with Crippen LogP contribution in [0.25, 0.3) is 0 Å². The molecule has 1 fully saturated rings. The van der Waals surface area contributed by atoms with Crippen LogP contribution in [0.2, 0.25) is 0 Å². The quantitative estimate of drug-likeness (QED) is 0.754. The van der Waals surface area contributed by atoms with Crippen LogP contribution in [0.1, 0.15) is 24.0 Å². The van der Waals surface area contributed by atoms with Crippen molar-refractivity contribution in [2.75, 3.05) is 0 Å². The number of nitriles is 1. The molecule has 2 nitrogen and oxygen atoms in total. The van der Waals surface area contributed by atoms with E-state index in [1.54, 1.807) is 0 Å². The SMILES string of the molecule is N#Cc1cccc(CNC2CC2)c1. The fourth-order valence-corrected chi connectivity index (χ4v) is 1.30. The highest BCUT2D eigenvalue weighted by molar-refractivity contribution is 5.32. The zero-order valence-electron chi connectivity index (χ0n) is 7.46. The fourth-order valence-electron chi connectivity index (χ4n) is 1.30. The lowest BCUT2D eigenvalue weighted by Crippen LogP contribution is -2.15. The summed E-state index contributed by atoms with van der Waals surface area (Å²) in [5.74, 6) is 0. The Bertz CT molecular complexity index is 334. The van der Waals surface area contributed by atoms with Crippen LogP contribution in [0.3, 0.4) is 0 Å². The van der Waals surface area contributed by atoms with Crippen molar-refractivity contribution in [3.8, 4) is 6.07 Å². The maximum atomic E-state index is 8.68. The zero-order chi connectivity index (χ0) is 9.10. The summed E-state index contributed by atoms with van der Waals surface area (Å²) in [6, 6.07) is 10.6. The van der Waals surface area contributed by atoms with Gasteiger partial charge in [0.2, 0.25) is 0 Å². The van der Waals surface area contributed by atoms with Crippen molar-refractivity contribution in [2.45, 2.75) is 25.4 Å². The highest BCUT2D eigenvalue weighted by Crippen LogP contribution is 2.19. The van der Waals surface area contributed by atoms with E-state index in [-0.39, 0.29) is 0 Å². The predicted molar refractivity (Wildman–Crippen MR) is 51.0 cm³/mol. The maximum Gasteiger partial charge on any atom is 0.0991 e. The summed E-state index contributed by atoms with van der Waals surface area (Å²) in [7, 11) is 0. The standard InChI is InChI=1S/C11H12N2/c12-7-9-2-1-3-10(6-9)8-13-11-4-5-11/h1-3,6,11,13H,4-5,8H2. The van der Waals surface area contributed by atoms with Gasteiger partial charge in [-0.05, 0) is 30.5 Å². The molecule has 1 aromatic rings. The van der Waals surface area contributed by atoms with E-state index in [0.717, 1.165) is 18.2 Å². The first kappa shape index (κ1) is 8.28. The number of nitrogens with one attached hydrogen (secondary N) is 1. The highest BCUT2D eigenvalue weighted by Gasteiger charge is 2.19. The van der Waals surface area contributed by atoms with E-state index in [9.17, 15) is 0 Å². The van der Waals surface area contributed by atoms with Gasteiger partial charge in [-0.3, -0.25) is 0 Å². The summed E-state index contributed by atoms with van der Waals surface area (Å²) >= 11 is 0. The lowest BCUT2D eigenvalue weighted by molar-refractivity contribution is 0.688. The third kappa shape index (κ3) is 2.30. The number of benzene rings is 1. The molecule has 13 heavy (non-hydrogen) atoms. The van der Waals surface area contributed by atoms with Gasteiger partial charge in [-0.1, -0.05) is 12.1 Å². The number of hydrogen-bond acceptors (Lipinski definition) is 2. The van der Waals surface area contributed by atoms with Gasteiger partial charge in [0.05, 0.1) is 11.6 Å². The van der Waals surface area contributed by atoms with E-state index in [4.69, 9.17) is 5.26 Å². The van der Waals surface area contributed by atoms with E-state index < -0.39 is 0 Å². The first-order valence-corrected chi connectivity index (χ1v) is 4.61. The van der Waals surface area contributed by atoms with Crippen molar-refractivity contribution in [1.82, 2.24) is 5.32 Å². The van der Waals surface area contributed by atoms with Crippen molar-refractivity contribution in [1.29, 1.82) is 5.26 Å². The van der Waals surface area contributed by atoms with Crippen LogP contribution < -0.4 is 5.32 Å². The Labute approximate surface area is 78.2 Å². The van der Waals surface area contributed by atoms with Crippen LogP contribution in [-0.4, -0.2) is 6.04 Å². The highest BCUT2D eigenvalue weighted by atomic mass is 14.9. The molecule has 0 spiro atoms. The molecule has 0 radical (unpaired) electrons. The lowest BCUT2D eigenvalue weighted by Gasteiger charge is -2.02. The van der Waals surface area contributed by atoms with Crippen LogP contribution in [0.5, 0.6) is 0 Å². The maximum absolute atomic E-state index is 8.68. The van der Waals surface area contributed by atoms with E-state index in [2.05, 4.69) is 17.5 Å². The summed E-state index contributed by atoms with van der Waals surface area (Å²) in [4.78, 5) is 0. The molecule has 0 aliphatic heterocycles. The first-order chi connectivity index (χ1) is 6.38. The van der Waals surface area contributed by atoms with Crippen molar-refractivity contribution < 1.29 is 0 Å². The molecule has 0 unspecified atom stereocenters. The van der Waals surface area contributed by atoms with Crippen LogP contribution in [-0.2, 0) is 6.54 Å². The predicted octanol–water partition coefficient (Wildman–Crippen LogP) is 1.81. The van der Waals surface area contributed by atoms with Gasteiger partial charge in [-0.2, -0.15) is 5.26 Å². The van der Waals surface area contributed by atoms with Crippen molar-refractivity contribution in [3.63, 3.8) is 0 Å². The smallest absolute Gasteiger partial charge is 0.0991 e. The third-order valence-electron chi connectivity index (χ3n) is 2.23. The summed E-state index contributed by atoms with van der Waals surface area (Å²) in [5.41, 5.74) is 1.95. The molecule has 0 saturated heterocycles. The van der Waals surface area contributed by atoms with Crippen LogP contribution in [0.15, 0.2) is 24.3 Å². The summed E-state index contributed by atoms with van der Waals surface area (Å²) < 4.78 is 0. The Morgan fingerprint density at radius 2 is 2.31 bits per heavy atom. The van der Waals surface area contributed by atoms with Crippen molar-refractivity contribution in [2.24, 2.45) is 0 Å². The molecule has 0 aromatic heterocycles. The Kier molecular flexibility index (Phi) is 2.29. The van der Waals surface area contributed by atoms with Gasteiger partial charge in [0.1, 0.15) is 0 Å². The first-order valence-electron chi connectivity index (χ1n) is 4.61. The van der Waals surface area contributed by atoms with Crippen LogP contribution in [0.4, 0.5) is 0 Å². The lowest BCUT2D eigenvalue weighted by atomic mass is 10.1. The van der Waals surface area contributed by atoms with Gasteiger partial charge in [0.25, 0.3) is 0 Å². The monoisotopic (exact) mass is 172 g/mol. The van der Waals surface area contributed by atoms with E-state index >= 15 is 0 Å². The van der Waals surface area contributed by atoms with E-state index in [1.165, 1.54) is 18.4 Å². The van der Waals surface area contributed by atoms with Gasteiger partial charge in [0.15, 0.2) is 0 Å². The van der Waals surface area contributed by atoms with E-state index in [0.29, 0.717) is 0 Å². The summed E-state index contributed by atoms with van der Waals surface area (Å²) in [5, 5.41) is 12.1. The Balaban J connectivity index is 1.98. The molecule has 1 saturated carbocycles. The van der Waals surface area contributed by atoms with E-state index in [1.807, 2.05) is 18.2 Å². The van der Waals surface area contributed by atoms with Crippen LogP contribution >= 0.6 is 0 Å². The second-order valence-electron chi connectivity index (χ2n) is 3.47. The second kappa shape index (κ2) is 3.59. The average Bonchev–Trinajstić information content (AvgIpc) is 2.99. The molecule has 2 rings (SSSR count). The topological polar surface area (TPSA) is 35.8 Å². The Morgan fingerprint density at radius 3 is 3.00 bits per heavy atom. The minimum atomic E-state index is 0.728. The molecule has 1 aliphatic carbocycles. The molecular formula is C11H12N2. The van der Waals surface area contributed by atoms with Gasteiger partial charge < -0.3 is 5.32 Å². The molecular weight excluding hydrogens is 160 g/mol. The Morgan fingerprint density at radius 1 is 1.46 bits per heavy atom. The normalized spacial score (nSPS) is 15.3. The number of rotatable bonds is 3. The van der Waals surface area contributed by atoms with Gasteiger partial charge in [0, 0.05) is 12.6 Å². The van der Waals surface area contributed by atoms with Crippen LogP contribution in [0, 0.1) is 11.3 Å². The molecule has 1 aliphatic rings. The summed E-state index contributed by atoms with van der Waals surface area (Å²) in [6.45, 7) is 0.889. The average molecular weight is 172 g/mol. The zero-order valence-corrected chi connectivity index (χ0v) is 7.46. The van der Waals surface area contributed by atoms with Crippen molar-refractivity contribution in [3.05, 3.63) is 35.4 Å². The van der Waals surface area contributed by atoms with Gasteiger partial charge in [-0.25, -0.2) is 0 Å². The van der Waals surface area contributed by atoms with Crippen molar-refractivity contribution >= 4 is 0 Å². The molecule has 2 heteroatoms. The minimum Gasteiger partial charge on any atom is -0.310 e. The fraction of sp³-hybridized carbons (Fsp3) is 0.364. The molecule has 0 amide bonds. The molecule has 1 aromatic carbocycles. The molecule has 0 atom stereocenters. The second-order valence-corrected chi connectivity index (χ2v) is 3.47. The minimum absolute atomic E-state index is 0.728. The number of nitrogens with zero attached hydrogens (tertiary/aromatic N) is 1. The molecule has 66 valence electrons. The summed E-state index contributed by atoms with van der Waals surface area (Å²) in [6.07, 6.45) is 2.61.